The molecule has 1 atom stereocenters. The number of methoxy groups -OCH3 is 1. The molecule has 1 N–H and O–H groups in total. The summed E-state index contributed by atoms with van der Waals surface area (Å²) in [4.78, 5) is 8.92. The predicted molar refractivity (Wildman–Crippen MR) is 33.8 cm³/mol. The third-order valence-corrected chi connectivity index (χ3v) is 1.13. The molecule has 0 fully saturated rings. The minimum atomic E-state index is -1.28. The Morgan fingerprint density at radius 2 is 2.33 bits per heavy atom. The van der Waals surface area contributed by atoms with Gasteiger partial charge in [-0.05, 0) is 6.92 Å². The van der Waals surface area contributed by atoms with Gasteiger partial charge in [0.25, 0.3) is 0 Å². The fourth-order valence-corrected chi connectivity index (χ4v) is 0.442. The maximum absolute atomic E-state index is 10.2. The number of carbonyl (C=O) groups is 1. The predicted octanol–water partition coefficient (Wildman–Crippen LogP) is 0.715. The average Bonchev–Trinajstić information content (AvgIpc) is 1.65. The first-order chi connectivity index (χ1) is 4.00. The monoisotopic (exact) mass is 152 g/mol. The highest BCUT2D eigenvalue weighted by atomic mass is 35.5. The van der Waals surface area contributed by atoms with Gasteiger partial charge >= 0.3 is 5.97 Å². The van der Waals surface area contributed by atoms with Crippen LogP contribution in [0.3, 0.4) is 0 Å². The normalized spacial score (nSPS) is 16.8. The number of halogens is 1. The van der Waals surface area contributed by atoms with Crippen LogP contribution in [-0.4, -0.2) is 29.7 Å². The van der Waals surface area contributed by atoms with E-state index < -0.39 is 10.8 Å². The average molecular weight is 153 g/mol. The highest BCUT2D eigenvalue weighted by molar-refractivity contribution is 6.33. The minimum Gasteiger partial charge on any atom is -0.480 e. The van der Waals surface area contributed by atoms with Gasteiger partial charge < -0.3 is 9.84 Å². The van der Waals surface area contributed by atoms with Gasteiger partial charge in [-0.2, -0.15) is 0 Å². The lowest BCUT2D eigenvalue weighted by Crippen LogP contribution is -2.33. The van der Waals surface area contributed by atoms with E-state index in [0.717, 1.165) is 0 Å². The number of ether oxygens (including phenoxy) is 1. The molecule has 9 heavy (non-hydrogen) atoms. The summed E-state index contributed by atoms with van der Waals surface area (Å²) in [6.07, 6.45) is 0. The molecular weight excluding hydrogens is 144 g/mol. The molecule has 0 heterocycles. The molecule has 0 aliphatic heterocycles. The van der Waals surface area contributed by atoms with Crippen molar-refractivity contribution >= 4 is 17.6 Å². The number of carboxylic acid groups (broad SMARTS) is 1. The molecule has 3 nitrogen and oxygen atoms in total. The van der Waals surface area contributed by atoms with Crippen LogP contribution >= 0.6 is 11.6 Å². The first kappa shape index (κ1) is 8.72. The van der Waals surface area contributed by atoms with Crippen molar-refractivity contribution in [2.24, 2.45) is 0 Å². The van der Waals surface area contributed by atoms with E-state index >= 15 is 0 Å². The Kier molecular flexibility index (Phi) is 2.94. The molecule has 0 saturated carbocycles. The molecule has 0 aliphatic carbocycles. The van der Waals surface area contributed by atoms with Crippen LogP contribution in [0.4, 0.5) is 0 Å². The number of hydrogen-bond donors (Lipinski definition) is 1. The number of aliphatic carboxylic acids is 1. The topological polar surface area (TPSA) is 46.5 Å². The van der Waals surface area contributed by atoms with Crippen LogP contribution in [0.2, 0.25) is 0 Å². The van der Waals surface area contributed by atoms with E-state index in [1.54, 1.807) is 0 Å². The van der Waals surface area contributed by atoms with Crippen LogP contribution in [0, 0.1) is 0 Å². The summed E-state index contributed by atoms with van der Waals surface area (Å²) >= 11 is 5.45. The second-order valence-corrected chi connectivity index (χ2v) is 2.77. The van der Waals surface area contributed by atoms with Crippen molar-refractivity contribution < 1.29 is 14.6 Å². The van der Waals surface area contributed by atoms with Crippen LogP contribution in [-0.2, 0) is 9.53 Å². The van der Waals surface area contributed by atoms with E-state index in [1.807, 2.05) is 0 Å². The first-order valence-electron chi connectivity index (χ1n) is 2.42. The Balaban J connectivity index is 3.85. The zero-order chi connectivity index (χ0) is 7.49. The second kappa shape index (κ2) is 3.03. The fraction of sp³-hybridized carbons (Fsp3) is 0.800. The van der Waals surface area contributed by atoms with Gasteiger partial charge in [-0.1, -0.05) is 0 Å². The van der Waals surface area contributed by atoms with Gasteiger partial charge in [0.05, 0.1) is 6.61 Å². The lowest BCUT2D eigenvalue weighted by atomic mass is 10.2. The molecule has 4 heteroatoms. The molecule has 1 unspecified atom stereocenters. The first-order valence-corrected chi connectivity index (χ1v) is 2.80. The van der Waals surface area contributed by atoms with Gasteiger partial charge in [-0.3, -0.25) is 4.79 Å². The maximum atomic E-state index is 10.2. The van der Waals surface area contributed by atoms with Gasteiger partial charge in [0.2, 0.25) is 0 Å². The van der Waals surface area contributed by atoms with Gasteiger partial charge in [-0.15, -0.1) is 11.6 Å². The molecular formula is C5H9ClO3. The molecule has 0 amide bonds. The molecule has 0 aromatic carbocycles. The quantitative estimate of drug-likeness (QED) is 0.606. The van der Waals surface area contributed by atoms with Crippen LogP contribution in [0.25, 0.3) is 0 Å². The molecule has 0 radical (unpaired) electrons. The van der Waals surface area contributed by atoms with Crippen molar-refractivity contribution in [3.05, 3.63) is 0 Å². The number of carboxylic acids is 1. The molecule has 54 valence electrons. The van der Waals surface area contributed by atoms with Crippen LogP contribution in [0.5, 0.6) is 0 Å². The van der Waals surface area contributed by atoms with Gasteiger partial charge in [0.1, 0.15) is 0 Å². The maximum Gasteiger partial charge on any atom is 0.326 e. The van der Waals surface area contributed by atoms with Crippen molar-refractivity contribution in [1.29, 1.82) is 0 Å². The van der Waals surface area contributed by atoms with Crippen LogP contribution < -0.4 is 0 Å². The third kappa shape index (κ3) is 2.67. The molecule has 0 aliphatic rings. The summed E-state index contributed by atoms with van der Waals surface area (Å²) in [5, 5.41) is 8.36. The number of alkyl halides is 1. The fourth-order valence-electron chi connectivity index (χ4n) is 0.333. The van der Waals surface area contributed by atoms with Crippen molar-refractivity contribution in [2.45, 2.75) is 11.8 Å². The Hall–Kier alpha value is -0.280. The second-order valence-electron chi connectivity index (χ2n) is 1.94. The zero-order valence-electron chi connectivity index (χ0n) is 5.35. The summed E-state index contributed by atoms with van der Waals surface area (Å²) in [5.41, 5.74) is 0. The third-order valence-electron chi connectivity index (χ3n) is 0.861. The Morgan fingerprint density at radius 1 is 1.89 bits per heavy atom. The zero-order valence-corrected chi connectivity index (χ0v) is 6.10. The van der Waals surface area contributed by atoms with E-state index in [1.165, 1.54) is 14.0 Å². The summed E-state index contributed by atoms with van der Waals surface area (Å²) < 4.78 is 4.56. The smallest absolute Gasteiger partial charge is 0.326 e. The molecule has 0 saturated heterocycles. The van der Waals surface area contributed by atoms with Gasteiger partial charge in [0.15, 0.2) is 4.87 Å². The lowest BCUT2D eigenvalue weighted by Gasteiger charge is -2.13. The van der Waals surface area contributed by atoms with Gasteiger partial charge in [-0.25, -0.2) is 0 Å². The van der Waals surface area contributed by atoms with E-state index in [4.69, 9.17) is 16.7 Å². The molecule has 0 bridgehead atoms. The highest BCUT2D eigenvalue weighted by Gasteiger charge is 2.29. The van der Waals surface area contributed by atoms with Crippen LogP contribution in [0.1, 0.15) is 6.92 Å². The summed E-state index contributed by atoms with van der Waals surface area (Å²) in [5.74, 6) is -1.06. The minimum absolute atomic E-state index is 0.0177. The van der Waals surface area contributed by atoms with Crippen molar-refractivity contribution in [3.8, 4) is 0 Å². The summed E-state index contributed by atoms with van der Waals surface area (Å²) in [7, 11) is 1.41. The summed E-state index contributed by atoms with van der Waals surface area (Å²) in [6.45, 7) is 1.41. The Morgan fingerprint density at radius 3 is 2.44 bits per heavy atom. The van der Waals surface area contributed by atoms with Crippen LogP contribution in [0.15, 0.2) is 0 Å². The van der Waals surface area contributed by atoms with E-state index in [0.29, 0.717) is 0 Å². The molecule has 0 spiro atoms. The van der Waals surface area contributed by atoms with Crippen molar-refractivity contribution in [3.63, 3.8) is 0 Å². The lowest BCUT2D eigenvalue weighted by molar-refractivity contribution is -0.141. The van der Waals surface area contributed by atoms with Gasteiger partial charge in [0, 0.05) is 7.11 Å². The van der Waals surface area contributed by atoms with Crippen molar-refractivity contribution in [2.75, 3.05) is 13.7 Å². The van der Waals surface area contributed by atoms with E-state index in [9.17, 15) is 4.79 Å². The highest BCUT2D eigenvalue weighted by Crippen LogP contribution is 2.13. The SMILES string of the molecule is COCC(C)(Cl)C(=O)O. The molecule has 0 aromatic heterocycles. The van der Waals surface area contributed by atoms with E-state index in [2.05, 4.69) is 4.74 Å². The largest absolute Gasteiger partial charge is 0.480 e. The number of hydrogen-bond acceptors (Lipinski definition) is 2. The standard InChI is InChI=1S/C5H9ClO3/c1-5(6,3-9-2)4(7)8/h3H2,1-2H3,(H,7,8). The Bertz CT molecular complexity index is 111. The summed E-state index contributed by atoms with van der Waals surface area (Å²) in [6, 6.07) is 0. The molecule has 0 aromatic rings. The Labute approximate surface area is 58.6 Å². The molecule has 0 rings (SSSR count). The van der Waals surface area contributed by atoms with E-state index in [-0.39, 0.29) is 6.61 Å². The van der Waals surface area contributed by atoms with Crippen molar-refractivity contribution in [1.82, 2.24) is 0 Å². The number of rotatable bonds is 3.